The fraction of sp³-hybridized carbons (Fsp3) is 0.167. The number of hydrogen-bond acceptors (Lipinski definition) is 3. The highest BCUT2D eigenvalue weighted by Gasteiger charge is 2.11. The summed E-state index contributed by atoms with van der Waals surface area (Å²) < 4.78 is 5.07. The molecule has 0 unspecified atom stereocenters. The lowest BCUT2D eigenvalue weighted by molar-refractivity contribution is 0.433. The van der Waals surface area contributed by atoms with Crippen LogP contribution in [0.4, 0.5) is 0 Å². The van der Waals surface area contributed by atoms with Crippen LogP contribution in [0.2, 0.25) is 0 Å². The number of nitrogens with zero attached hydrogens (tertiary/aromatic N) is 2. The van der Waals surface area contributed by atoms with Crippen LogP contribution in [0, 0.1) is 6.61 Å². The highest BCUT2D eigenvalue weighted by Crippen LogP contribution is 2.23. The first-order valence-electron chi connectivity index (χ1n) is 2.75. The highest BCUT2D eigenvalue weighted by atomic mass is 16.5. The van der Waals surface area contributed by atoms with Gasteiger partial charge in [-0.05, 0) is 0 Å². The summed E-state index contributed by atoms with van der Waals surface area (Å²) in [5.41, 5.74) is 1.12. The van der Waals surface area contributed by atoms with Gasteiger partial charge < -0.3 is 4.74 Å². The van der Waals surface area contributed by atoms with Crippen LogP contribution >= 0.6 is 0 Å². The fourth-order valence-corrected chi connectivity index (χ4v) is 0.816. The van der Waals surface area contributed by atoms with Gasteiger partial charge in [0.1, 0.15) is 12.4 Å². The van der Waals surface area contributed by atoms with E-state index in [-0.39, 0.29) is 0 Å². The summed E-state index contributed by atoms with van der Waals surface area (Å²) in [4.78, 5) is 0. The second-order valence-electron chi connectivity index (χ2n) is 1.87. The molecule has 0 saturated carbocycles. The SMILES string of the molecule is [CH]1Cc2cnncc2O1. The van der Waals surface area contributed by atoms with E-state index in [0.717, 1.165) is 17.7 Å². The lowest BCUT2D eigenvalue weighted by Gasteiger charge is -1.91. The van der Waals surface area contributed by atoms with Gasteiger partial charge in [0, 0.05) is 12.0 Å². The molecule has 45 valence electrons. The summed E-state index contributed by atoms with van der Waals surface area (Å²) in [5.74, 6) is 0.838. The molecule has 1 aliphatic rings. The van der Waals surface area contributed by atoms with Crippen molar-refractivity contribution in [2.24, 2.45) is 0 Å². The number of aromatic nitrogens is 2. The Morgan fingerprint density at radius 1 is 1.33 bits per heavy atom. The Balaban J connectivity index is 2.54. The molecular formula is C6H5N2O. The molecule has 0 N–H and O–H groups in total. The molecule has 0 atom stereocenters. The van der Waals surface area contributed by atoms with Crippen molar-refractivity contribution in [2.45, 2.75) is 6.42 Å². The zero-order valence-electron chi connectivity index (χ0n) is 4.74. The van der Waals surface area contributed by atoms with Crippen molar-refractivity contribution >= 4 is 0 Å². The van der Waals surface area contributed by atoms with E-state index in [1.807, 2.05) is 0 Å². The lowest BCUT2D eigenvalue weighted by Crippen LogP contribution is -1.81. The minimum Gasteiger partial charge on any atom is -0.484 e. The summed E-state index contributed by atoms with van der Waals surface area (Å²) in [6, 6.07) is 0. The molecule has 3 nitrogen and oxygen atoms in total. The zero-order chi connectivity index (χ0) is 6.10. The van der Waals surface area contributed by atoms with Crippen molar-refractivity contribution in [3.63, 3.8) is 0 Å². The van der Waals surface area contributed by atoms with E-state index in [1.165, 1.54) is 0 Å². The van der Waals surface area contributed by atoms with E-state index < -0.39 is 0 Å². The fourth-order valence-electron chi connectivity index (χ4n) is 0.816. The number of rotatable bonds is 0. The smallest absolute Gasteiger partial charge is 0.145 e. The Bertz CT molecular complexity index is 201. The quantitative estimate of drug-likeness (QED) is 0.503. The van der Waals surface area contributed by atoms with Crippen molar-refractivity contribution in [3.05, 3.63) is 24.6 Å². The third-order valence-electron chi connectivity index (χ3n) is 1.29. The van der Waals surface area contributed by atoms with E-state index in [0.29, 0.717) is 0 Å². The first-order valence-corrected chi connectivity index (χ1v) is 2.75. The first-order chi connectivity index (χ1) is 4.47. The van der Waals surface area contributed by atoms with Crippen molar-refractivity contribution in [3.8, 4) is 5.75 Å². The molecule has 2 rings (SSSR count). The van der Waals surface area contributed by atoms with Crippen molar-refractivity contribution < 1.29 is 4.74 Å². The summed E-state index contributed by atoms with van der Waals surface area (Å²) in [7, 11) is 0. The lowest BCUT2D eigenvalue weighted by atomic mass is 10.2. The van der Waals surface area contributed by atoms with Crippen LogP contribution in [0.5, 0.6) is 5.75 Å². The van der Waals surface area contributed by atoms with E-state index in [2.05, 4.69) is 10.2 Å². The molecule has 0 aliphatic carbocycles. The van der Waals surface area contributed by atoms with E-state index in [1.54, 1.807) is 19.0 Å². The predicted octanol–water partition coefficient (Wildman–Crippen LogP) is 0.573. The average Bonchev–Trinajstić information content (AvgIpc) is 2.33. The molecule has 3 heteroatoms. The molecule has 2 heterocycles. The molecule has 0 spiro atoms. The number of fused-ring (bicyclic) bond motifs is 1. The Labute approximate surface area is 52.7 Å². The monoisotopic (exact) mass is 121 g/mol. The zero-order valence-corrected chi connectivity index (χ0v) is 4.74. The van der Waals surface area contributed by atoms with Crippen LogP contribution in [-0.2, 0) is 6.42 Å². The minimum atomic E-state index is 0.838. The molecule has 0 fully saturated rings. The highest BCUT2D eigenvalue weighted by molar-refractivity contribution is 5.32. The predicted molar refractivity (Wildman–Crippen MR) is 30.7 cm³/mol. The van der Waals surface area contributed by atoms with E-state index in [9.17, 15) is 0 Å². The maximum absolute atomic E-state index is 5.07. The van der Waals surface area contributed by atoms with Crippen LogP contribution < -0.4 is 4.74 Å². The summed E-state index contributed by atoms with van der Waals surface area (Å²) in [5, 5.41) is 7.37. The Morgan fingerprint density at radius 2 is 2.22 bits per heavy atom. The van der Waals surface area contributed by atoms with Gasteiger partial charge in [-0.25, -0.2) is 0 Å². The van der Waals surface area contributed by atoms with Crippen molar-refractivity contribution in [2.75, 3.05) is 0 Å². The molecule has 1 aromatic heterocycles. The summed E-state index contributed by atoms with van der Waals surface area (Å²) in [6.45, 7) is 1.74. The van der Waals surface area contributed by atoms with Crippen LogP contribution in [-0.4, -0.2) is 10.2 Å². The number of ether oxygens (including phenoxy) is 1. The van der Waals surface area contributed by atoms with Gasteiger partial charge in [0.05, 0.1) is 12.4 Å². The standard InChI is InChI=1S/C6H5N2O/c1-2-9-6-4-8-7-3-5(1)6/h2-4H,1H2. The van der Waals surface area contributed by atoms with E-state index >= 15 is 0 Å². The Morgan fingerprint density at radius 3 is 3.11 bits per heavy atom. The topological polar surface area (TPSA) is 35.0 Å². The summed E-state index contributed by atoms with van der Waals surface area (Å²) in [6.07, 6.45) is 4.20. The van der Waals surface area contributed by atoms with Gasteiger partial charge in [0.15, 0.2) is 0 Å². The van der Waals surface area contributed by atoms with Gasteiger partial charge in [-0.15, -0.1) is 0 Å². The van der Waals surface area contributed by atoms with Crippen LogP contribution in [0.15, 0.2) is 12.4 Å². The molecule has 0 aromatic carbocycles. The molecule has 1 aliphatic heterocycles. The van der Waals surface area contributed by atoms with Crippen LogP contribution in [0.25, 0.3) is 0 Å². The minimum absolute atomic E-state index is 0.838. The van der Waals surface area contributed by atoms with Gasteiger partial charge in [-0.2, -0.15) is 10.2 Å². The van der Waals surface area contributed by atoms with E-state index in [4.69, 9.17) is 4.74 Å². The normalized spacial score (nSPS) is 14.7. The van der Waals surface area contributed by atoms with Gasteiger partial charge >= 0.3 is 0 Å². The molecule has 9 heavy (non-hydrogen) atoms. The molecular weight excluding hydrogens is 116 g/mol. The first kappa shape index (κ1) is 4.73. The Kier molecular flexibility index (Phi) is 0.886. The molecule has 0 bridgehead atoms. The second kappa shape index (κ2) is 1.69. The molecule has 0 saturated heterocycles. The van der Waals surface area contributed by atoms with Crippen LogP contribution in [0.1, 0.15) is 5.56 Å². The van der Waals surface area contributed by atoms with Crippen molar-refractivity contribution in [1.82, 2.24) is 10.2 Å². The van der Waals surface area contributed by atoms with Gasteiger partial charge in [-0.3, -0.25) is 0 Å². The van der Waals surface area contributed by atoms with Crippen molar-refractivity contribution in [1.29, 1.82) is 0 Å². The second-order valence-corrected chi connectivity index (χ2v) is 1.87. The molecule has 0 amide bonds. The third kappa shape index (κ3) is 0.650. The largest absolute Gasteiger partial charge is 0.484 e. The van der Waals surface area contributed by atoms with Gasteiger partial charge in [0.2, 0.25) is 0 Å². The van der Waals surface area contributed by atoms with Crippen LogP contribution in [0.3, 0.4) is 0 Å². The Hall–Kier alpha value is -1.12. The third-order valence-corrected chi connectivity index (χ3v) is 1.29. The van der Waals surface area contributed by atoms with Gasteiger partial charge in [-0.1, -0.05) is 0 Å². The maximum Gasteiger partial charge on any atom is 0.145 e. The van der Waals surface area contributed by atoms with Gasteiger partial charge in [0.25, 0.3) is 0 Å². The maximum atomic E-state index is 5.07. The molecule has 1 aromatic rings. The summed E-state index contributed by atoms with van der Waals surface area (Å²) >= 11 is 0. The average molecular weight is 121 g/mol. The molecule has 1 radical (unpaired) electrons. The number of hydrogen-bond donors (Lipinski definition) is 0.